The minimum Gasteiger partial charge on any atom is -0.336 e. The maximum atomic E-state index is 3.70. The SMILES string of the molecule is CCCCN(CCCC)CCN[Si](C)(C)C. The Morgan fingerprint density at radius 2 is 1.38 bits per heavy atom. The lowest BCUT2D eigenvalue weighted by Gasteiger charge is -2.25. The molecule has 0 unspecified atom stereocenters. The molecule has 0 radical (unpaired) electrons. The molecule has 98 valence electrons. The third kappa shape index (κ3) is 10.6. The van der Waals surface area contributed by atoms with Gasteiger partial charge in [0.2, 0.25) is 0 Å². The number of hydrogen-bond donors (Lipinski definition) is 1. The Labute approximate surface area is 104 Å². The molecule has 0 aliphatic carbocycles. The summed E-state index contributed by atoms with van der Waals surface area (Å²) in [6.45, 7) is 16.6. The summed E-state index contributed by atoms with van der Waals surface area (Å²) < 4.78 is 0. The van der Waals surface area contributed by atoms with E-state index < -0.39 is 8.24 Å². The van der Waals surface area contributed by atoms with Crippen LogP contribution in [0.15, 0.2) is 0 Å². The molecule has 0 aromatic rings. The minimum atomic E-state index is -1.06. The number of nitrogens with zero attached hydrogens (tertiary/aromatic N) is 1. The van der Waals surface area contributed by atoms with Crippen molar-refractivity contribution in [3.8, 4) is 0 Å². The second kappa shape index (κ2) is 9.20. The van der Waals surface area contributed by atoms with Gasteiger partial charge in [0.25, 0.3) is 0 Å². The normalized spacial score (nSPS) is 12.4. The lowest BCUT2D eigenvalue weighted by atomic mass is 10.2. The van der Waals surface area contributed by atoms with Gasteiger partial charge in [-0.05, 0) is 25.9 Å². The van der Waals surface area contributed by atoms with Gasteiger partial charge in [0.15, 0.2) is 0 Å². The summed E-state index contributed by atoms with van der Waals surface area (Å²) >= 11 is 0. The topological polar surface area (TPSA) is 15.3 Å². The quantitative estimate of drug-likeness (QED) is 0.593. The summed E-state index contributed by atoms with van der Waals surface area (Å²) in [6, 6.07) is 0. The number of nitrogens with one attached hydrogen (secondary N) is 1. The predicted molar refractivity (Wildman–Crippen MR) is 77.6 cm³/mol. The van der Waals surface area contributed by atoms with Gasteiger partial charge in [-0.3, -0.25) is 0 Å². The molecule has 3 heteroatoms. The van der Waals surface area contributed by atoms with Crippen LogP contribution in [0.1, 0.15) is 39.5 Å². The fraction of sp³-hybridized carbons (Fsp3) is 1.00. The first-order valence-electron chi connectivity index (χ1n) is 6.97. The average molecular weight is 244 g/mol. The zero-order valence-electron chi connectivity index (χ0n) is 12.1. The molecule has 0 amide bonds. The van der Waals surface area contributed by atoms with E-state index in [4.69, 9.17) is 0 Å². The van der Waals surface area contributed by atoms with Gasteiger partial charge in [-0.15, -0.1) is 0 Å². The van der Waals surface area contributed by atoms with Gasteiger partial charge < -0.3 is 9.88 Å². The molecular formula is C13H32N2Si. The van der Waals surface area contributed by atoms with E-state index in [1.165, 1.54) is 51.9 Å². The number of hydrogen-bond acceptors (Lipinski definition) is 2. The maximum absolute atomic E-state index is 3.70. The van der Waals surface area contributed by atoms with E-state index in [2.05, 4.69) is 43.4 Å². The molecule has 0 fully saturated rings. The first-order valence-corrected chi connectivity index (χ1v) is 10.5. The van der Waals surface area contributed by atoms with Gasteiger partial charge in [-0.2, -0.15) is 0 Å². The fourth-order valence-corrected chi connectivity index (χ4v) is 2.55. The van der Waals surface area contributed by atoms with Crippen LogP contribution in [0.3, 0.4) is 0 Å². The van der Waals surface area contributed by atoms with E-state index in [0.717, 1.165) is 0 Å². The molecule has 0 rings (SSSR count). The summed E-state index contributed by atoms with van der Waals surface area (Å²) in [5, 5.41) is 0. The highest BCUT2D eigenvalue weighted by Crippen LogP contribution is 1.99. The second-order valence-electron chi connectivity index (χ2n) is 5.73. The molecule has 0 aliphatic rings. The van der Waals surface area contributed by atoms with Crippen molar-refractivity contribution in [2.75, 3.05) is 26.2 Å². The molecule has 0 heterocycles. The molecule has 1 N–H and O–H groups in total. The molecule has 0 spiro atoms. The van der Waals surface area contributed by atoms with Crippen LogP contribution in [0.2, 0.25) is 19.6 Å². The Hall–Kier alpha value is 0.137. The highest BCUT2D eigenvalue weighted by atomic mass is 28.3. The van der Waals surface area contributed by atoms with Crippen molar-refractivity contribution in [3.05, 3.63) is 0 Å². The molecular weight excluding hydrogens is 212 g/mol. The number of rotatable bonds is 10. The molecule has 0 saturated carbocycles. The molecule has 0 atom stereocenters. The van der Waals surface area contributed by atoms with Crippen LogP contribution in [0.25, 0.3) is 0 Å². The molecule has 0 saturated heterocycles. The second-order valence-corrected chi connectivity index (χ2v) is 10.6. The first-order chi connectivity index (χ1) is 7.49. The smallest absolute Gasteiger partial charge is 0.116 e. The highest BCUT2D eigenvalue weighted by molar-refractivity contribution is 6.73. The fourth-order valence-electron chi connectivity index (χ4n) is 1.69. The largest absolute Gasteiger partial charge is 0.336 e. The van der Waals surface area contributed by atoms with E-state index in [-0.39, 0.29) is 0 Å². The Bertz CT molecular complexity index is 147. The van der Waals surface area contributed by atoms with E-state index in [9.17, 15) is 0 Å². The van der Waals surface area contributed by atoms with Crippen molar-refractivity contribution in [3.63, 3.8) is 0 Å². The van der Waals surface area contributed by atoms with Gasteiger partial charge in [-0.25, -0.2) is 0 Å². The van der Waals surface area contributed by atoms with E-state index in [1.54, 1.807) is 0 Å². The van der Waals surface area contributed by atoms with Crippen LogP contribution in [0.4, 0.5) is 0 Å². The predicted octanol–water partition coefficient (Wildman–Crippen LogP) is 3.31. The van der Waals surface area contributed by atoms with Crippen molar-refractivity contribution >= 4 is 8.24 Å². The van der Waals surface area contributed by atoms with Crippen molar-refractivity contribution in [1.29, 1.82) is 0 Å². The third-order valence-electron chi connectivity index (χ3n) is 2.74. The molecule has 16 heavy (non-hydrogen) atoms. The monoisotopic (exact) mass is 244 g/mol. The van der Waals surface area contributed by atoms with Gasteiger partial charge in [0.1, 0.15) is 8.24 Å². The van der Waals surface area contributed by atoms with Crippen molar-refractivity contribution in [1.82, 2.24) is 9.88 Å². The highest BCUT2D eigenvalue weighted by Gasteiger charge is 2.12. The van der Waals surface area contributed by atoms with E-state index in [0.29, 0.717) is 0 Å². The maximum Gasteiger partial charge on any atom is 0.116 e. The average Bonchev–Trinajstić information content (AvgIpc) is 2.19. The van der Waals surface area contributed by atoms with Crippen LogP contribution in [-0.4, -0.2) is 39.3 Å². The van der Waals surface area contributed by atoms with Crippen LogP contribution in [-0.2, 0) is 0 Å². The zero-order chi connectivity index (χ0) is 12.4. The summed E-state index contributed by atoms with van der Waals surface area (Å²) in [7, 11) is -1.06. The molecule has 0 aromatic heterocycles. The Balaban J connectivity index is 3.72. The van der Waals surface area contributed by atoms with Gasteiger partial charge in [0, 0.05) is 13.1 Å². The molecule has 2 nitrogen and oxygen atoms in total. The van der Waals surface area contributed by atoms with E-state index >= 15 is 0 Å². The minimum absolute atomic E-state index is 1.06. The lowest BCUT2D eigenvalue weighted by Crippen LogP contribution is -2.45. The standard InChI is InChI=1S/C13H32N2Si/c1-6-8-11-15(12-9-7-2)13-10-14-16(3,4)5/h14H,6-13H2,1-5H3. The third-order valence-corrected chi connectivity index (χ3v) is 4.05. The van der Waals surface area contributed by atoms with Crippen LogP contribution < -0.4 is 4.98 Å². The summed E-state index contributed by atoms with van der Waals surface area (Å²) in [5.74, 6) is 0. The van der Waals surface area contributed by atoms with Crippen LogP contribution in [0.5, 0.6) is 0 Å². The summed E-state index contributed by atoms with van der Waals surface area (Å²) in [5.41, 5.74) is 0. The molecule has 0 bridgehead atoms. The summed E-state index contributed by atoms with van der Waals surface area (Å²) in [4.78, 5) is 6.33. The van der Waals surface area contributed by atoms with Crippen LogP contribution >= 0.6 is 0 Å². The van der Waals surface area contributed by atoms with Crippen LogP contribution in [0, 0.1) is 0 Å². The van der Waals surface area contributed by atoms with Crippen molar-refractivity contribution in [2.45, 2.75) is 59.2 Å². The first kappa shape index (κ1) is 16.1. The Morgan fingerprint density at radius 3 is 1.75 bits per heavy atom. The Kier molecular flexibility index (Phi) is 9.28. The molecule has 0 aliphatic heterocycles. The van der Waals surface area contributed by atoms with Crippen molar-refractivity contribution < 1.29 is 0 Å². The van der Waals surface area contributed by atoms with E-state index in [1.807, 2.05) is 0 Å². The lowest BCUT2D eigenvalue weighted by molar-refractivity contribution is 0.269. The Morgan fingerprint density at radius 1 is 0.875 bits per heavy atom. The van der Waals surface area contributed by atoms with Crippen molar-refractivity contribution in [2.24, 2.45) is 0 Å². The number of unbranched alkanes of at least 4 members (excludes halogenated alkanes) is 2. The molecule has 0 aromatic carbocycles. The van der Waals surface area contributed by atoms with Gasteiger partial charge in [-0.1, -0.05) is 46.3 Å². The van der Waals surface area contributed by atoms with Gasteiger partial charge in [0.05, 0.1) is 0 Å². The summed E-state index contributed by atoms with van der Waals surface area (Å²) in [6.07, 6.45) is 5.31. The zero-order valence-corrected chi connectivity index (χ0v) is 13.1. The van der Waals surface area contributed by atoms with Gasteiger partial charge >= 0.3 is 0 Å².